The van der Waals surface area contributed by atoms with Crippen LogP contribution in [0.1, 0.15) is 5.82 Å². The van der Waals surface area contributed by atoms with Gasteiger partial charge in [0.2, 0.25) is 0 Å². The van der Waals surface area contributed by atoms with Gasteiger partial charge in [-0.05, 0) is 48.0 Å². The molecule has 0 bridgehead atoms. The molecule has 0 amide bonds. The van der Waals surface area contributed by atoms with Crippen molar-refractivity contribution in [3.8, 4) is 16.2 Å². The first-order chi connectivity index (χ1) is 13.5. The number of nitrogens with zero attached hydrogens (tertiary/aromatic N) is 2. The fraction of sp³-hybridized carbons (Fsp3) is 0.143. The van der Waals surface area contributed by atoms with E-state index >= 15 is 0 Å². The molecular formula is C21H18FN3O2S. The van der Waals surface area contributed by atoms with E-state index in [0.29, 0.717) is 28.3 Å². The lowest BCUT2D eigenvalue weighted by Crippen LogP contribution is -2.22. The molecule has 0 radical (unpaired) electrons. The number of benzene rings is 2. The second-order valence-corrected chi connectivity index (χ2v) is 7.43. The Labute approximate surface area is 165 Å². The minimum absolute atomic E-state index is 0.188. The molecule has 0 aliphatic rings. The zero-order chi connectivity index (χ0) is 19.7. The van der Waals surface area contributed by atoms with Crippen molar-refractivity contribution in [2.24, 2.45) is 0 Å². The van der Waals surface area contributed by atoms with E-state index in [-0.39, 0.29) is 11.4 Å². The van der Waals surface area contributed by atoms with Gasteiger partial charge in [0.1, 0.15) is 22.1 Å². The monoisotopic (exact) mass is 395 g/mol. The minimum Gasteiger partial charge on any atom is -0.497 e. The van der Waals surface area contributed by atoms with Gasteiger partial charge in [-0.3, -0.25) is 4.79 Å². The maximum Gasteiger partial charge on any atom is 0.268 e. The van der Waals surface area contributed by atoms with Crippen LogP contribution < -0.4 is 15.2 Å². The summed E-state index contributed by atoms with van der Waals surface area (Å²) in [5, 5.41) is 0. The summed E-state index contributed by atoms with van der Waals surface area (Å²) in [6.45, 7) is 0.291. The van der Waals surface area contributed by atoms with Gasteiger partial charge in [0.05, 0.1) is 24.9 Å². The normalized spacial score (nSPS) is 11.0. The second-order valence-electron chi connectivity index (χ2n) is 6.37. The highest BCUT2D eigenvalue weighted by Gasteiger charge is 2.13. The van der Waals surface area contributed by atoms with Crippen molar-refractivity contribution in [3.63, 3.8) is 0 Å². The first kappa shape index (κ1) is 18.2. The molecule has 0 aliphatic heterocycles. The summed E-state index contributed by atoms with van der Waals surface area (Å²) in [6, 6.07) is 16.1. The average molecular weight is 395 g/mol. The number of aromatic amines is 1. The molecule has 4 aromatic rings. The highest BCUT2D eigenvalue weighted by Crippen LogP contribution is 2.32. The lowest BCUT2D eigenvalue weighted by Gasteiger charge is -2.19. The maximum absolute atomic E-state index is 14.0. The number of fused-ring (bicyclic) bond motifs is 1. The highest BCUT2D eigenvalue weighted by atomic mass is 32.1. The van der Waals surface area contributed by atoms with Crippen molar-refractivity contribution >= 4 is 27.2 Å². The van der Waals surface area contributed by atoms with Crippen LogP contribution in [0.2, 0.25) is 0 Å². The molecule has 4 rings (SSSR count). The number of H-pyrrole nitrogens is 1. The summed E-state index contributed by atoms with van der Waals surface area (Å²) in [4.78, 5) is 22.6. The predicted octanol–water partition coefficient (Wildman–Crippen LogP) is 4.44. The first-order valence-corrected chi connectivity index (χ1v) is 9.49. The summed E-state index contributed by atoms with van der Waals surface area (Å²) in [5.74, 6) is 0.951. The van der Waals surface area contributed by atoms with E-state index in [1.54, 1.807) is 37.3 Å². The summed E-state index contributed by atoms with van der Waals surface area (Å²) in [5.41, 5.74) is 1.89. The maximum atomic E-state index is 14.0. The van der Waals surface area contributed by atoms with Crippen LogP contribution in [-0.4, -0.2) is 24.1 Å². The SMILES string of the molecule is COc1ccc(-c2cc3nc(CN(C)c4ccccc4F)[nH]c(=O)c3s2)cc1. The van der Waals surface area contributed by atoms with Gasteiger partial charge in [0.15, 0.2) is 0 Å². The van der Waals surface area contributed by atoms with Crippen molar-refractivity contribution in [2.45, 2.75) is 6.54 Å². The lowest BCUT2D eigenvalue weighted by atomic mass is 10.2. The van der Waals surface area contributed by atoms with E-state index in [4.69, 9.17) is 4.74 Å². The number of aromatic nitrogens is 2. The number of rotatable bonds is 5. The molecule has 2 aromatic carbocycles. The van der Waals surface area contributed by atoms with Crippen LogP contribution in [0.15, 0.2) is 59.4 Å². The third-order valence-corrected chi connectivity index (χ3v) is 5.63. The number of anilines is 1. The number of para-hydroxylation sites is 1. The van der Waals surface area contributed by atoms with Gasteiger partial charge in [-0.1, -0.05) is 12.1 Å². The molecule has 0 spiro atoms. The summed E-state index contributed by atoms with van der Waals surface area (Å²) < 4.78 is 19.7. The van der Waals surface area contributed by atoms with E-state index in [1.807, 2.05) is 30.3 Å². The molecule has 0 fully saturated rings. The highest BCUT2D eigenvalue weighted by molar-refractivity contribution is 7.22. The van der Waals surface area contributed by atoms with Crippen LogP contribution in [0.5, 0.6) is 5.75 Å². The number of hydrogen-bond acceptors (Lipinski definition) is 5. The Kier molecular flexibility index (Phi) is 4.83. The number of ether oxygens (including phenoxy) is 1. The molecule has 0 unspecified atom stereocenters. The Hall–Kier alpha value is -3.19. The fourth-order valence-corrected chi connectivity index (χ4v) is 4.03. The fourth-order valence-electron chi connectivity index (χ4n) is 3.03. The van der Waals surface area contributed by atoms with Crippen LogP contribution in [-0.2, 0) is 6.54 Å². The van der Waals surface area contributed by atoms with E-state index in [2.05, 4.69) is 9.97 Å². The van der Waals surface area contributed by atoms with Crippen molar-refractivity contribution in [3.05, 3.63) is 76.6 Å². The Bertz CT molecular complexity index is 1180. The summed E-state index contributed by atoms with van der Waals surface area (Å²) >= 11 is 1.40. The zero-order valence-electron chi connectivity index (χ0n) is 15.4. The van der Waals surface area contributed by atoms with Crippen LogP contribution in [0, 0.1) is 5.82 Å². The molecule has 0 saturated heterocycles. The quantitative estimate of drug-likeness (QED) is 0.543. The third-order valence-electron chi connectivity index (χ3n) is 4.46. The van der Waals surface area contributed by atoms with E-state index in [9.17, 15) is 9.18 Å². The van der Waals surface area contributed by atoms with Gasteiger partial charge in [-0.25, -0.2) is 9.37 Å². The Morgan fingerprint density at radius 1 is 1.18 bits per heavy atom. The van der Waals surface area contributed by atoms with Gasteiger partial charge in [-0.15, -0.1) is 11.3 Å². The van der Waals surface area contributed by atoms with Crippen molar-refractivity contribution in [1.29, 1.82) is 0 Å². The van der Waals surface area contributed by atoms with Gasteiger partial charge >= 0.3 is 0 Å². The number of halogens is 1. The molecule has 0 aliphatic carbocycles. The van der Waals surface area contributed by atoms with Crippen LogP contribution in [0.4, 0.5) is 10.1 Å². The summed E-state index contributed by atoms with van der Waals surface area (Å²) in [7, 11) is 3.39. The predicted molar refractivity (Wildman–Crippen MR) is 111 cm³/mol. The molecule has 142 valence electrons. The largest absolute Gasteiger partial charge is 0.497 e. The van der Waals surface area contributed by atoms with Crippen LogP contribution in [0.3, 0.4) is 0 Å². The van der Waals surface area contributed by atoms with Crippen molar-refractivity contribution < 1.29 is 9.13 Å². The zero-order valence-corrected chi connectivity index (χ0v) is 16.2. The topological polar surface area (TPSA) is 58.2 Å². The molecule has 28 heavy (non-hydrogen) atoms. The molecule has 5 nitrogen and oxygen atoms in total. The molecule has 7 heteroatoms. The number of thiophene rings is 1. The Balaban J connectivity index is 1.66. The molecule has 2 aromatic heterocycles. The number of methoxy groups -OCH3 is 1. The Morgan fingerprint density at radius 3 is 2.64 bits per heavy atom. The molecule has 0 atom stereocenters. The van der Waals surface area contributed by atoms with Crippen LogP contribution >= 0.6 is 11.3 Å². The third kappa shape index (κ3) is 3.48. The van der Waals surface area contributed by atoms with Gasteiger partial charge < -0.3 is 14.6 Å². The van der Waals surface area contributed by atoms with Gasteiger partial charge in [0.25, 0.3) is 5.56 Å². The van der Waals surface area contributed by atoms with E-state index < -0.39 is 0 Å². The standard InChI is InChI=1S/C21H18FN3O2S/c1-25(17-6-4-3-5-15(17)22)12-19-23-16-11-18(28-20(16)21(26)24-19)13-7-9-14(27-2)10-8-13/h3-11H,12H2,1-2H3,(H,23,24,26). The average Bonchev–Trinajstić information content (AvgIpc) is 3.13. The van der Waals surface area contributed by atoms with Gasteiger partial charge in [-0.2, -0.15) is 0 Å². The summed E-state index contributed by atoms with van der Waals surface area (Å²) in [6.07, 6.45) is 0. The van der Waals surface area contributed by atoms with Crippen molar-refractivity contribution in [2.75, 3.05) is 19.1 Å². The molecular weight excluding hydrogens is 377 g/mol. The van der Waals surface area contributed by atoms with E-state index in [0.717, 1.165) is 16.2 Å². The second kappa shape index (κ2) is 7.44. The minimum atomic E-state index is -0.314. The number of nitrogens with one attached hydrogen (secondary N) is 1. The Morgan fingerprint density at radius 2 is 1.93 bits per heavy atom. The van der Waals surface area contributed by atoms with Crippen molar-refractivity contribution in [1.82, 2.24) is 9.97 Å². The molecule has 0 saturated carbocycles. The molecule has 1 N–H and O–H groups in total. The first-order valence-electron chi connectivity index (χ1n) is 8.68. The number of hydrogen-bond donors (Lipinski definition) is 1. The lowest BCUT2D eigenvalue weighted by molar-refractivity contribution is 0.415. The van der Waals surface area contributed by atoms with E-state index in [1.165, 1.54) is 17.4 Å². The van der Waals surface area contributed by atoms with Crippen LogP contribution in [0.25, 0.3) is 20.7 Å². The smallest absolute Gasteiger partial charge is 0.268 e. The molecule has 2 heterocycles. The van der Waals surface area contributed by atoms with Gasteiger partial charge in [0, 0.05) is 11.9 Å².